The third kappa shape index (κ3) is 11.7. The van der Waals surface area contributed by atoms with Crippen LogP contribution in [0.25, 0.3) is 34.2 Å². The molecule has 0 spiro atoms. The van der Waals surface area contributed by atoms with E-state index in [1.807, 2.05) is 76.1 Å². The Balaban J connectivity index is 0.000000277. The Labute approximate surface area is 317 Å². The van der Waals surface area contributed by atoms with Crippen molar-refractivity contribution in [2.75, 3.05) is 0 Å². The van der Waals surface area contributed by atoms with Gasteiger partial charge in [-0.05, 0) is 57.4 Å². The van der Waals surface area contributed by atoms with Crippen molar-refractivity contribution < 1.29 is 50.4 Å². The van der Waals surface area contributed by atoms with Crippen molar-refractivity contribution in [1.82, 2.24) is 29.5 Å². The van der Waals surface area contributed by atoms with Crippen molar-refractivity contribution >= 4 is 0 Å². The fraction of sp³-hybridized carbons (Fsp3) is 0.282. The molecule has 2 radical (unpaired) electrons. The van der Waals surface area contributed by atoms with Crippen molar-refractivity contribution in [3.05, 3.63) is 132 Å². The number of benzene rings is 4. The number of nitrogens with zero attached hydrogens (tertiary/aromatic N) is 6. The first kappa shape index (κ1) is 41.5. The average molecular weight is 1010 g/mol. The number of aliphatic hydroxyl groups excluding tert-OH is 2. The topological polar surface area (TPSA) is 102 Å². The second-order valence-electron chi connectivity index (χ2n) is 11.4. The Morgan fingerprint density at radius 3 is 1.49 bits per heavy atom. The van der Waals surface area contributed by atoms with Crippen LogP contribution in [0.5, 0.6) is 0 Å². The molecule has 6 rings (SSSR count). The zero-order valence-electron chi connectivity index (χ0n) is 28.8. The van der Waals surface area contributed by atoms with Gasteiger partial charge in [-0.1, -0.05) is 80.6 Å². The van der Waals surface area contributed by atoms with Gasteiger partial charge in [-0.2, -0.15) is 10.2 Å². The van der Waals surface area contributed by atoms with Gasteiger partial charge in [-0.25, -0.2) is 9.67 Å². The van der Waals surface area contributed by atoms with Gasteiger partial charge in [0, 0.05) is 58.6 Å². The summed E-state index contributed by atoms with van der Waals surface area (Å²) in [6, 6.07) is 37.7. The minimum Gasteiger partial charge on any atom is -0.393 e. The molecule has 0 amide bonds. The van der Waals surface area contributed by atoms with Crippen molar-refractivity contribution in [2.24, 2.45) is 0 Å². The molecule has 10 heteroatoms. The van der Waals surface area contributed by atoms with Crippen LogP contribution in [0.3, 0.4) is 0 Å². The number of aliphatic hydroxyl groups is 2. The predicted molar refractivity (Wildman–Crippen MR) is 189 cm³/mol. The smallest absolute Gasteiger partial charge is 0.163 e. The number of aryl methyl sites for hydroxylation is 4. The van der Waals surface area contributed by atoms with Crippen LogP contribution in [-0.2, 0) is 53.1 Å². The second-order valence-corrected chi connectivity index (χ2v) is 11.4. The SMILES string of the molecule is CC(O)CC(C)O.CCc1nc(-c2[c-]cccc2)n(-c2ccccc2C)n1.CCc1nc(-c2ccccc2)n(-c2ccccc2C)n1.[Ir].[Ir]. The van der Waals surface area contributed by atoms with Crippen LogP contribution >= 0.6 is 0 Å². The quantitative estimate of drug-likeness (QED) is 0.153. The zero-order chi connectivity index (χ0) is 33.8. The Morgan fingerprint density at radius 2 is 1.06 bits per heavy atom. The van der Waals surface area contributed by atoms with E-state index in [2.05, 4.69) is 90.3 Å². The van der Waals surface area contributed by atoms with Crippen LogP contribution in [0.1, 0.15) is 56.9 Å². The van der Waals surface area contributed by atoms with E-state index in [1.54, 1.807) is 13.8 Å². The molecule has 2 aromatic heterocycles. The minimum atomic E-state index is -0.375. The van der Waals surface area contributed by atoms with E-state index >= 15 is 0 Å². The molecule has 8 nitrogen and oxygen atoms in total. The minimum absolute atomic E-state index is 0. The summed E-state index contributed by atoms with van der Waals surface area (Å²) in [4.78, 5) is 9.31. The van der Waals surface area contributed by atoms with E-state index in [0.717, 1.165) is 58.6 Å². The molecule has 0 aliphatic rings. The summed E-state index contributed by atoms with van der Waals surface area (Å²) >= 11 is 0. The van der Waals surface area contributed by atoms with E-state index in [4.69, 9.17) is 10.2 Å². The zero-order valence-corrected chi connectivity index (χ0v) is 33.6. The first-order valence-corrected chi connectivity index (χ1v) is 16.1. The van der Waals surface area contributed by atoms with E-state index < -0.39 is 0 Å². The summed E-state index contributed by atoms with van der Waals surface area (Å²) < 4.78 is 3.86. The number of hydrogen-bond donors (Lipinski definition) is 2. The summed E-state index contributed by atoms with van der Waals surface area (Å²) in [6.45, 7) is 11.6. The standard InChI is InChI=1S/C17H17N3.C17H16N3.C5H12O2.2Ir/c2*1-3-16-18-17(14-10-5-4-6-11-14)20(19-16)15-12-8-7-9-13(15)2;1-4(6)3-5(2)7;;/h4-12H,3H2,1-2H3;4-10,12H,3H2,1-2H3;4-7H,3H2,1-2H3;;/q;-1;;;. The van der Waals surface area contributed by atoms with Gasteiger partial charge < -0.3 is 10.2 Å². The molecular formula is C39H45Ir2N6O2-. The van der Waals surface area contributed by atoms with Crippen LogP contribution in [0, 0.1) is 19.9 Å². The number of para-hydroxylation sites is 2. The Bertz CT molecular complexity index is 1690. The molecule has 6 aromatic rings. The van der Waals surface area contributed by atoms with Gasteiger partial charge in [0.05, 0.1) is 29.4 Å². The third-order valence-electron chi connectivity index (χ3n) is 7.29. The Morgan fingerprint density at radius 1 is 0.612 bits per heavy atom. The van der Waals surface area contributed by atoms with E-state index in [-0.39, 0.29) is 52.4 Å². The van der Waals surface area contributed by atoms with Gasteiger partial charge in [0.1, 0.15) is 5.82 Å². The van der Waals surface area contributed by atoms with Crippen LogP contribution < -0.4 is 0 Å². The van der Waals surface area contributed by atoms with E-state index in [9.17, 15) is 0 Å². The van der Waals surface area contributed by atoms with Crippen LogP contribution in [0.15, 0.2) is 103 Å². The normalized spacial score (nSPS) is 11.4. The molecule has 2 N–H and O–H groups in total. The summed E-state index contributed by atoms with van der Waals surface area (Å²) in [5.74, 6) is 3.46. The van der Waals surface area contributed by atoms with Crippen molar-refractivity contribution in [2.45, 2.75) is 73.0 Å². The first-order valence-electron chi connectivity index (χ1n) is 16.1. The maximum atomic E-state index is 8.56. The van der Waals surface area contributed by atoms with Crippen molar-refractivity contribution in [1.29, 1.82) is 0 Å². The van der Waals surface area contributed by atoms with Crippen LogP contribution in [-0.4, -0.2) is 51.9 Å². The number of hydrogen-bond acceptors (Lipinski definition) is 6. The number of rotatable bonds is 8. The molecule has 262 valence electrons. The number of aromatic nitrogens is 6. The summed E-state index contributed by atoms with van der Waals surface area (Å²) in [5.41, 5.74) is 6.56. The van der Waals surface area contributed by atoms with Gasteiger partial charge in [-0.3, -0.25) is 9.67 Å². The van der Waals surface area contributed by atoms with Gasteiger partial charge in [0.25, 0.3) is 0 Å². The molecule has 2 heterocycles. The van der Waals surface area contributed by atoms with Gasteiger partial charge in [0.2, 0.25) is 0 Å². The molecule has 0 bridgehead atoms. The maximum Gasteiger partial charge on any atom is 0.163 e. The first-order chi connectivity index (χ1) is 22.7. The van der Waals surface area contributed by atoms with Gasteiger partial charge in [-0.15, -0.1) is 35.9 Å². The summed E-state index contributed by atoms with van der Waals surface area (Å²) in [6.07, 6.45) is 1.37. The second kappa shape index (κ2) is 20.8. The average Bonchev–Trinajstić information content (AvgIpc) is 3.71. The molecule has 2 unspecified atom stereocenters. The Kier molecular flexibility index (Phi) is 17.6. The molecule has 0 saturated carbocycles. The largest absolute Gasteiger partial charge is 0.393 e. The fourth-order valence-electron chi connectivity index (χ4n) is 4.92. The summed E-state index contributed by atoms with van der Waals surface area (Å²) in [7, 11) is 0. The maximum absolute atomic E-state index is 8.56. The van der Waals surface area contributed by atoms with Crippen molar-refractivity contribution in [3.8, 4) is 34.2 Å². The summed E-state index contributed by atoms with van der Waals surface area (Å²) in [5, 5.41) is 26.4. The molecule has 0 aliphatic heterocycles. The van der Waals surface area contributed by atoms with Crippen LogP contribution in [0.4, 0.5) is 0 Å². The van der Waals surface area contributed by atoms with Crippen LogP contribution in [0.2, 0.25) is 0 Å². The van der Waals surface area contributed by atoms with E-state index in [0.29, 0.717) is 6.42 Å². The molecular weight excluding hydrogens is 969 g/mol. The predicted octanol–water partition coefficient (Wildman–Crippen LogP) is 7.54. The molecule has 2 atom stereocenters. The van der Waals surface area contributed by atoms with Gasteiger partial charge in [0.15, 0.2) is 11.6 Å². The fourth-order valence-corrected chi connectivity index (χ4v) is 4.92. The molecule has 0 fully saturated rings. The third-order valence-corrected chi connectivity index (χ3v) is 7.29. The molecule has 4 aromatic carbocycles. The Hall–Kier alpha value is -3.62. The molecule has 0 aliphatic carbocycles. The monoisotopic (exact) mass is 1020 g/mol. The molecule has 0 saturated heterocycles. The van der Waals surface area contributed by atoms with E-state index in [1.165, 1.54) is 11.1 Å². The van der Waals surface area contributed by atoms with Gasteiger partial charge >= 0.3 is 0 Å². The molecule has 49 heavy (non-hydrogen) atoms. The van der Waals surface area contributed by atoms with Crippen molar-refractivity contribution in [3.63, 3.8) is 0 Å².